The predicted octanol–water partition coefficient (Wildman–Crippen LogP) is 3.10. The molecule has 1 aromatic carbocycles. The minimum atomic E-state index is 0.291. The first kappa shape index (κ1) is 12.1. The zero-order valence-electron chi connectivity index (χ0n) is 10.2. The molecular formula is C13H16N2OS. The molecule has 1 aromatic heterocycles. The van der Waals surface area contributed by atoms with Gasteiger partial charge >= 0.3 is 0 Å². The Morgan fingerprint density at radius 3 is 2.94 bits per heavy atom. The number of hydrogen-bond acceptors (Lipinski definition) is 4. The molecule has 90 valence electrons. The molecule has 0 bridgehead atoms. The van der Waals surface area contributed by atoms with E-state index in [1.165, 1.54) is 0 Å². The molecule has 0 aliphatic heterocycles. The molecule has 1 atom stereocenters. The summed E-state index contributed by atoms with van der Waals surface area (Å²) < 4.78 is 5.22. The van der Waals surface area contributed by atoms with Crippen LogP contribution in [0, 0.1) is 0 Å². The van der Waals surface area contributed by atoms with E-state index in [2.05, 4.69) is 22.6 Å². The molecule has 0 aliphatic carbocycles. The number of hydrogen-bond donors (Lipinski definition) is 1. The van der Waals surface area contributed by atoms with Crippen molar-refractivity contribution >= 4 is 11.3 Å². The van der Waals surface area contributed by atoms with Gasteiger partial charge in [-0.05, 0) is 26.1 Å². The van der Waals surface area contributed by atoms with E-state index in [0.29, 0.717) is 6.04 Å². The average molecular weight is 248 g/mol. The van der Waals surface area contributed by atoms with Gasteiger partial charge in [0.25, 0.3) is 0 Å². The van der Waals surface area contributed by atoms with Gasteiger partial charge in [-0.25, -0.2) is 4.98 Å². The molecule has 1 unspecified atom stereocenters. The highest BCUT2D eigenvalue weighted by molar-refractivity contribution is 7.10. The van der Waals surface area contributed by atoms with E-state index in [4.69, 9.17) is 4.74 Å². The SMILES string of the molecule is CNC(C)c1nc(-c2cccc(OC)c2)cs1. The minimum absolute atomic E-state index is 0.291. The van der Waals surface area contributed by atoms with Gasteiger partial charge in [-0.3, -0.25) is 0 Å². The Bertz CT molecular complexity index is 496. The van der Waals surface area contributed by atoms with E-state index in [-0.39, 0.29) is 0 Å². The van der Waals surface area contributed by atoms with Gasteiger partial charge in [0.2, 0.25) is 0 Å². The molecule has 0 fully saturated rings. The molecule has 0 radical (unpaired) electrons. The molecule has 0 aliphatic rings. The van der Waals surface area contributed by atoms with Gasteiger partial charge in [0.05, 0.1) is 18.8 Å². The van der Waals surface area contributed by atoms with E-state index in [1.807, 2.05) is 31.3 Å². The van der Waals surface area contributed by atoms with Crippen LogP contribution in [0.15, 0.2) is 29.6 Å². The maximum atomic E-state index is 5.22. The van der Waals surface area contributed by atoms with Crippen LogP contribution >= 0.6 is 11.3 Å². The number of methoxy groups -OCH3 is 1. The van der Waals surface area contributed by atoms with Crippen LogP contribution in [0.3, 0.4) is 0 Å². The molecule has 2 aromatic rings. The van der Waals surface area contributed by atoms with Crippen molar-refractivity contribution in [2.24, 2.45) is 0 Å². The fourth-order valence-corrected chi connectivity index (χ4v) is 2.42. The Labute approximate surface area is 105 Å². The van der Waals surface area contributed by atoms with E-state index in [1.54, 1.807) is 18.4 Å². The van der Waals surface area contributed by atoms with Gasteiger partial charge in [-0.15, -0.1) is 11.3 Å². The minimum Gasteiger partial charge on any atom is -0.497 e. The monoisotopic (exact) mass is 248 g/mol. The normalized spacial score (nSPS) is 12.4. The Morgan fingerprint density at radius 2 is 2.24 bits per heavy atom. The molecule has 0 saturated heterocycles. The summed E-state index contributed by atoms with van der Waals surface area (Å²) in [4.78, 5) is 4.63. The van der Waals surface area contributed by atoms with Crippen molar-refractivity contribution in [3.63, 3.8) is 0 Å². The molecule has 17 heavy (non-hydrogen) atoms. The first-order valence-electron chi connectivity index (χ1n) is 5.51. The van der Waals surface area contributed by atoms with Crippen LogP contribution in [-0.4, -0.2) is 19.1 Å². The quantitative estimate of drug-likeness (QED) is 0.902. The highest BCUT2D eigenvalue weighted by Gasteiger charge is 2.09. The van der Waals surface area contributed by atoms with Crippen LogP contribution in [0.5, 0.6) is 5.75 Å². The summed E-state index contributed by atoms with van der Waals surface area (Å²) in [6, 6.07) is 8.26. The van der Waals surface area contributed by atoms with Crippen molar-refractivity contribution in [3.05, 3.63) is 34.7 Å². The van der Waals surface area contributed by atoms with E-state index in [0.717, 1.165) is 22.0 Å². The van der Waals surface area contributed by atoms with Gasteiger partial charge in [-0.1, -0.05) is 12.1 Å². The number of nitrogens with one attached hydrogen (secondary N) is 1. The third-order valence-electron chi connectivity index (χ3n) is 2.69. The lowest BCUT2D eigenvalue weighted by atomic mass is 10.1. The molecule has 4 heteroatoms. The van der Waals surface area contributed by atoms with Crippen LogP contribution in [0.25, 0.3) is 11.3 Å². The second-order valence-corrected chi connectivity index (χ2v) is 4.70. The first-order valence-corrected chi connectivity index (χ1v) is 6.39. The summed E-state index contributed by atoms with van der Waals surface area (Å²) in [6.07, 6.45) is 0. The van der Waals surface area contributed by atoms with Crippen LogP contribution in [-0.2, 0) is 0 Å². The average Bonchev–Trinajstić information content (AvgIpc) is 2.87. The molecule has 2 rings (SSSR count). The summed E-state index contributed by atoms with van der Waals surface area (Å²) in [5.41, 5.74) is 2.10. The number of aromatic nitrogens is 1. The van der Waals surface area contributed by atoms with Gasteiger partial charge in [0, 0.05) is 10.9 Å². The second kappa shape index (κ2) is 5.29. The highest BCUT2D eigenvalue weighted by Crippen LogP contribution is 2.27. The largest absolute Gasteiger partial charge is 0.497 e. The van der Waals surface area contributed by atoms with Crippen molar-refractivity contribution in [2.75, 3.05) is 14.2 Å². The van der Waals surface area contributed by atoms with Crippen molar-refractivity contribution in [1.29, 1.82) is 0 Å². The van der Waals surface area contributed by atoms with Crippen molar-refractivity contribution < 1.29 is 4.74 Å². The summed E-state index contributed by atoms with van der Waals surface area (Å²) in [6.45, 7) is 2.11. The van der Waals surface area contributed by atoms with Crippen LogP contribution in [0.1, 0.15) is 18.0 Å². The maximum absolute atomic E-state index is 5.22. The van der Waals surface area contributed by atoms with Crippen molar-refractivity contribution in [1.82, 2.24) is 10.3 Å². The summed E-state index contributed by atoms with van der Waals surface area (Å²) >= 11 is 1.68. The smallest absolute Gasteiger partial charge is 0.119 e. The van der Waals surface area contributed by atoms with Crippen molar-refractivity contribution in [2.45, 2.75) is 13.0 Å². The Morgan fingerprint density at radius 1 is 1.41 bits per heavy atom. The van der Waals surface area contributed by atoms with E-state index in [9.17, 15) is 0 Å². The van der Waals surface area contributed by atoms with Crippen LogP contribution in [0.4, 0.5) is 0 Å². The van der Waals surface area contributed by atoms with Gasteiger partial charge in [-0.2, -0.15) is 0 Å². The van der Waals surface area contributed by atoms with Gasteiger partial charge < -0.3 is 10.1 Å². The lowest BCUT2D eigenvalue weighted by Gasteiger charge is -2.05. The molecular weight excluding hydrogens is 232 g/mol. The van der Waals surface area contributed by atoms with Crippen LogP contribution in [0.2, 0.25) is 0 Å². The molecule has 3 nitrogen and oxygen atoms in total. The van der Waals surface area contributed by atoms with Gasteiger partial charge in [0.15, 0.2) is 0 Å². The molecule has 0 amide bonds. The Kier molecular flexibility index (Phi) is 3.76. The highest BCUT2D eigenvalue weighted by atomic mass is 32.1. The molecule has 1 heterocycles. The lowest BCUT2D eigenvalue weighted by Crippen LogP contribution is -2.11. The Balaban J connectivity index is 2.30. The molecule has 1 N–H and O–H groups in total. The standard InChI is InChI=1S/C13H16N2OS/c1-9(14-2)13-15-12(8-17-13)10-5-4-6-11(7-10)16-3/h4-9,14H,1-3H3. The van der Waals surface area contributed by atoms with Gasteiger partial charge in [0.1, 0.15) is 10.8 Å². The van der Waals surface area contributed by atoms with E-state index >= 15 is 0 Å². The lowest BCUT2D eigenvalue weighted by molar-refractivity contribution is 0.415. The summed E-state index contributed by atoms with van der Waals surface area (Å²) in [7, 11) is 3.62. The van der Waals surface area contributed by atoms with Crippen molar-refractivity contribution in [3.8, 4) is 17.0 Å². The zero-order valence-corrected chi connectivity index (χ0v) is 11.0. The first-order chi connectivity index (χ1) is 8.24. The maximum Gasteiger partial charge on any atom is 0.119 e. The summed E-state index contributed by atoms with van der Waals surface area (Å²) in [5.74, 6) is 0.860. The van der Waals surface area contributed by atoms with E-state index < -0.39 is 0 Å². The predicted molar refractivity (Wildman–Crippen MR) is 71.6 cm³/mol. The fourth-order valence-electron chi connectivity index (χ4n) is 1.52. The fraction of sp³-hybridized carbons (Fsp3) is 0.308. The number of ether oxygens (including phenoxy) is 1. The summed E-state index contributed by atoms with van der Waals surface area (Å²) in [5, 5.41) is 6.38. The van der Waals surface area contributed by atoms with Crippen LogP contribution < -0.4 is 10.1 Å². The zero-order chi connectivity index (χ0) is 12.3. The number of thiazole rings is 1. The third kappa shape index (κ3) is 2.65. The number of rotatable bonds is 4. The number of benzene rings is 1. The number of nitrogens with zero attached hydrogens (tertiary/aromatic N) is 1. The topological polar surface area (TPSA) is 34.2 Å². The third-order valence-corrected chi connectivity index (χ3v) is 3.72. The second-order valence-electron chi connectivity index (χ2n) is 3.81. The Hall–Kier alpha value is -1.39. The molecule has 0 saturated carbocycles. The molecule has 0 spiro atoms.